The Labute approximate surface area is 123 Å². The summed E-state index contributed by atoms with van der Waals surface area (Å²) in [5.74, 6) is 0.0325. The number of unbranched alkanes of at least 4 members (excludes halogenated alkanes) is 1. The Morgan fingerprint density at radius 2 is 1.80 bits per heavy atom. The van der Waals surface area contributed by atoms with E-state index in [2.05, 4.69) is 6.92 Å². The number of amides is 1. The van der Waals surface area contributed by atoms with Crippen molar-refractivity contribution in [3.8, 4) is 0 Å². The summed E-state index contributed by atoms with van der Waals surface area (Å²) in [5, 5.41) is 0. The van der Waals surface area contributed by atoms with Crippen LogP contribution in [-0.4, -0.2) is 56.0 Å². The molecule has 6 heteroatoms. The van der Waals surface area contributed by atoms with Crippen molar-refractivity contribution in [1.82, 2.24) is 9.21 Å². The second-order valence-corrected chi connectivity index (χ2v) is 7.67. The van der Waals surface area contributed by atoms with E-state index in [4.69, 9.17) is 0 Å². The van der Waals surface area contributed by atoms with Crippen LogP contribution in [0.15, 0.2) is 0 Å². The SMILES string of the molecule is CCCCN(C)C(=O)CCN(C1CCCC1)S(C)(=O)=O. The molecule has 0 atom stereocenters. The predicted molar refractivity (Wildman–Crippen MR) is 81.0 cm³/mol. The molecule has 5 nitrogen and oxygen atoms in total. The van der Waals surface area contributed by atoms with Gasteiger partial charge < -0.3 is 4.90 Å². The molecule has 1 amide bonds. The summed E-state index contributed by atoms with van der Waals surface area (Å²) in [4.78, 5) is 13.7. The molecule has 118 valence electrons. The summed E-state index contributed by atoms with van der Waals surface area (Å²) in [6.45, 7) is 3.15. The Morgan fingerprint density at radius 3 is 2.30 bits per heavy atom. The molecule has 0 aromatic heterocycles. The molecule has 0 heterocycles. The van der Waals surface area contributed by atoms with Crippen LogP contribution in [0.3, 0.4) is 0 Å². The van der Waals surface area contributed by atoms with Crippen molar-refractivity contribution in [3.63, 3.8) is 0 Å². The van der Waals surface area contributed by atoms with Crippen LogP contribution in [0, 0.1) is 0 Å². The third kappa shape index (κ3) is 5.40. The number of rotatable bonds is 8. The maximum absolute atomic E-state index is 12.0. The van der Waals surface area contributed by atoms with Gasteiger partial charge in [0.25, 0.3) is 0 Å². The van der Waals surface area contributed by atoms with Crippen LogP contribution in [0.25, 0.3) is 0 Å². The predicted octanol–water partition coefficient (Wildman–Crippen LogP) is 1.84. The molecule has 20 heavy (non-hydrogen) atoms. The fourth-order valence-corrected chi connectivity index (χ4v) is 3.90. The molecule has 1 rings (SSSR count). The standard InChI is InChI=1S/C14H28N2O3S/c1-4-5-11-15(2)14(17)10-12-16(20(3,18)19)13-8-6-7-9-13/h13H,4-12H2,1-3H3. The van der Waals surface area contributed by atoms with Crippen LogP contribution >= 0.6 is 0 Å². The molecule has 0 aromatic rings. The van der Waals surface area contributed by atoms with Gasteiger partial charge in [-0.2, -0.15) is 4.31 Å². The van der Waals surface area contributed by atoms with Crippen LogP contribution in [0.5, 0.6) is 0 Å². The molecule has 1 aliphatic rings. The van der Waals surface area contributed by atoms with Crippen molar-refractivity contribution in [2.24, 2.45) is 0 Å². The molecule has 0 aliphatic heterocycles. The lowest BCUT2D eigenvalue weighted by Crippen LogP contribution is -2.41. The lowest BCUT2D eigenvalue weighted by atomic mass is 10.2. The Morgan fingerprint density at radius 1 is 1.20 bits per heavy atom. The van der Waals surface area contributed by atoms with E-state index in [1.807, 2.05) is 0 Å². The van der Waals surface area contributed by atoms with Crippen molar-refractivity contribution in [2.45, 2.75) is 57.9 Å². The van der Waals surface area contributed by atoms with E-state index in [1.165, 1.54) is 10.6 Å². The Hall–Kier alpha value is -0.620. The minimum absolute atomic E-state index is 0.0325. The van der Waals surface area contributed by atoms with Gasteiger partial charge in [-0.15, -0.1) is 0 Å². The molecule has 0 aromatic carbocycles. The van der Waals surface area contributed by atoms with Gasteiger partial charge in [0.1, 0.15) is 0 Å². The Kier molecular flexibility index (Phi) is 6.95. The summed E-state index contributed by atoms with van der Waals surface area (Å²) in [5.41, 5.74) is 0. The number of hydrogen-bond acceptors (Lipinski definition) is 3. The van der Waals surface area contributed by atoms with Gasteiger partial charge >= 0.3 is 0 Å². The Bertz CT molecular complexity index is 403. The quantitative estimate of drug-likeness (QED) is 0.687. The van der Waals surface area contributed by atoms with Crippen LogP contribution in [-0.2, 0) is 14.8 Å². The molecule has 0 unspecified atom stereocenters. The zero-order chi connectivity index (χ0) is 15.2. The molecule has 1 aliphatic carbocycles. The fraction of sp³-hybridized carbons (Fsp3) is 0.929. The molecule has 0 bridgehead atoms. The van der Waals surface area contributed by atoms with Gasteiger partial charge in [0.15, 0.2) is 0 Å². The lowest BCUT2D eigenvalue weighted by molar-refractivity contribution is -0.130. The van der Waals surface area contributed by atoms with E-state index in [-0.39, 0.29) is 18.4 Å². The number of carbonyl (C=O) groups is 1. The largest absolute Gasteiger partial charge is 0.346 e. The van der Waals surface area contributed by atoms with E-state index in [0.29, 0.717) is 6.54 Å². The first-order valence-corrected chi connectivity index (χ1v) is 9.42. The number of hydrogen-bond donors (Lipinski definition) is 0. The highest BCUT2D eigenvalue weighted by molar-refractivity contribution is 7.88. The molecular weight excluding hydrogens is 276 g/mol. The summed E-state index contributed by atoms with van der Waals surface area (Å²) >= 11 is 0. The maximum Gasteiger partial charge on any atom is 0.223 e. The number of sulfonamides is 1. The van der Waals surface area contributed by atoms with Gasteiger partial charge in [-0.05, 0) is 19.3 Å². The van der Waals surface area contributed by atoms with Gasteiger partial charge in [-0.3, -0.25) is 4.79 Å². The van der Waals surface area contributed by atoms with Crippen molar-refractivity contribution >= 4 is 15.9 Å². The van der Waals surface area contributed by atoms with Crippen molar-refractivity contribution in [2.75, 3.05) is 26.4 Å². The Balaban J connectivity index is 2.52. The molecule has 1 fully saturated rings. The normalized spacial score (nSPS) is 16.8. The summed E-state index contributed by atoms with van der Waals surface area (Å²) in [7, 11) is -1.43. The first kappa shape index (κ1) is 17.4. The van der Waals surface area contributed by atoms with Crippen LogP contribution < -0.4 is 0 Å². The van der Waals surface area contributed by atoms with Crippen molar-refractivity contribution < 1.29 is 13.2 Å². The smallest absolute Gasteiger partial charge is 0.223 e. The fourth-order valence-electron chi connectivity index (χ4n) is 2.73. The molecule has 0 radical (unpaired) electrons. The summed E-state index contributed by atoms with van der Waals surface area (Å²) in [6, 6.07) is 0.0961. The molecule has 0 saturated heterocycles. The minimum atomic E-state index is -3.22. The van der Waals surface area contributed by atoms with Gasteiger partial charge in [-0.1, -0.05) is 26.2 Å². The van der Waals surface area contributed by atoms with Crippen LogP contribution in [0.1, 0.15) is 51.9 Å². The summed E-state index contributed by atoms with van der Waals surface area (Å²) in [6.07, 6.45) is 7.58. The average molecular weight is 304 g/mol. The zero-order valence-corrected chi connectivity index (χ0v) is 13.8. The van der Waals surface area contributed by atoms with E-state index < -0.39 is 10.0 Å². The average Bonchev–Trinajstić information content (AvgIpc) is 2.87. The first-order valence-electron chi connectivity index (χ1n) is 7.57. The maximum atomic E-state index is 12.0. The van der Waals surface area contributed by atoms with E-state index in [1.54, 1.807) is 11.9 Å². The second-order valence-electron chi connectivity index (χ2n) is 5.73. The molecular formula is C14H28N2O3S. The highest BCUT2D eigenvalue weighted by Gasteiger charge is 2.29. The third-order valence-electron chi connectivity index (χ3n) is 3.98. The highest BCUT2D eigenvalue weighted by Crippen LogP contribution is 2.25. The van der Waals surface area contributed by atoms with Gasteiger partial charge in [-0.25, -0.2) is 8.42 Å². The topological polar surface area (TPSA) is 57.7 Å². The lowest BCUT2D eigenvalue weighted by Gasteiger charge is -2.27. The number of carbonyl (C=O) groups excluding carboxylic acids is 1. The zero-order valence-electron chi connectivity index (χ0n) is 13.0. The van der Waals surface area contributed by atoms with Crippen molar-refractivity contribution in [3.05, 3.63) is 0 Å². The molecule has 0 spiro atoms. The van der Waals surface area contributed by atoms with Crippen molar-refractivity contribution in [1.29, 1.82) is 0 Å². The molecule has 0 N–H and O–H groups in total. The molecule has 1 saturated carbocycles. The van der Waals surface area contributed by atoms with Gasteiger partial charge in [0.05, 0.1) is 6.26 Å². The van der Waals surface area contributed by atoms with Gasteiger partial charge in [0, 0.05) is 32.6 Å². The van der Waals surface area contributed by atoms with E-state index >= 15 is 0 Å². The summed E-state index contributed by atoms with van der Waals surface area (Å²) < 4.78 is 25.3. The monoisotopic (exact) mass is 304 g/mol. The first-order chi connectivity index (χ1) is 9.36. The van der Waals surface area contributed by atoms with E-state index in [9.17, 15) is 13.2 Å². The van der Waals surface area contributed by atoms with Gasteiger partial charge in [0.2, 0.25) is 15.9 Å². The van der Waals surface area contributed by atoms with E-state index in [0.717, 1.165) is 45.1 Å². The third-order valence-corrected chi connectivity index (χ3v) is 5.31. The number of nitrogens with zero attached hydrogens (tertiary/aromatic N) is 2. The second kappa shape index (κ2) is 7.98. The minimum Gasteiger partial charge on any atom is -0.346 e. The van der Waals surface area contributed by atoms with Crippen LogP contribution in [0.2, 0.25) is 0 Å². The highest BCUT2D eigenvalue weighted by atomic mass is 32.2. The van der Waals surface area contributed by atoms with Crippen LogP contribution in [0.4, 0.5) is 0 Å².